The van der Waals surface area contributed by atoms with Crippen molar-refractivity contribution >= 4 is 33.4 Å². The fraction of sp³-hybridized carbons (Fsp3) is 0.167. The molecule has 0 aliphatic rings. The summed E-state index contributed by atoms with van der Waals surface area (Å²) < 4.78 is 40.0. The molecular formula is C12H12N2O9S. The van der Waals surface area contributed by atoms with Gasteiger partial charge in [0, 0.05) is 11.8 Å². The van der Waals surface area contributed by atoms with Gasteiger partial charge in [0.2, 0.25) is 0 Å². The average Bonchev–Trinajstić information content (AvgIpc) is 2.52. The summed E-state index contributed by atoms with van der Waals surface area (Å²) in [5.74, 6) is -1.87. The Bertz CT molecular complexity index is 814. The van der Waals surface area contributed by atoms with Crippen molar-refractivity contribution in [1.29, 1.82) is 0 Å². The maximum Gasteiger partial charge on any atom is 0.354 e. The monoisotopic (exact) mass is 360 g/mol. The van der Waals surface area contributed by atoms with Gasteiger partial charge in [-0.3, -0.25) is 14.7 Å². The average molecular weight is 360 g/mol. The number of nitro groups is 1. The van der Waals surface area contributed by atoms with Gasteiger partial charge >= 0.3 is 22.1 Å². The summed E-state index contributed by atoms with van der Waals surface area (Å²) in [6.45, 7) is 0. The van der Waals surface area contributed by atoms with Gasteiger partial charge in [0.05, 0.1) is 25.2 Å². The van der Waals surface area contributed by atoms with Gasteiger partial charge in [0.25, 0.3) is 5.69 Å². The van der Waals surface area contributed by atoms with Crippen LogP contribution >= 0.6 is 0 Å². The van der Waals surface area contributed by atoms with Crippen LogP contribution in [0, 0.1) is 10.1 Å². The number of rotatable bonds is 6. The molecule has 0 aromatic heterocycles. The van der Waals surface area contributed by atoms with Crippen molar-refractivity contribution in [1.82, 2.24) is 0 Å². The summed E-state index contributed by atoms with van der Waals surface area (Å²) in [5, 5.41) is 13.3. The molecule has 0 saturated heterocycles. The fourth-order valence-corrected chi connectivity index (χ4v) is 2.18. The number of hydrogen-bond acceptors (Lipinski definition) is 9. The van der Waals surface area contributed by atoms with Crippen LogP contribution in [0.15, 0.2) is 34.9 Å². The van der Waals surface area contributed by atoms with Crippen molar-refractivity contribution in [2.45, 2.75) is 4.90 Å². The van der Waals surface area contributed by atoms with Crippen molar-refractivity contribution in [3.05, 3.63) is 40.1 Å². The summed E-state index contributed by atoms with van der Waals surface area (Å²) in [4.78, 5) is 31.8. The number of nitrogens with one attached hydrogen (secondary N) is 1. The second kappa shape index (κ2) is 7.52. The fourth-order valence-electron chi connectivity index (χ4n) is 1.54. The molecule has 0 heterocycles. The second-order valence-electron chi connectivity index (χ2n) is 4.11. The number of anilines is 1. The first-order chi connectivity index (χ1) is 11.1. The number of methoxy groups -OCH3 is 2. The standard InChI is InChI=1S/C12H12N2O9S/c1-22-11(15)6-8(12(16)23-2)13-7-3-4-10(24(19,20)21)9(5-7)14(17)18/h3-6,13H,1-2H3,(H,19,20,21)/b8-6+. The molecular weight excluding hydrogens is 348 g/mol. The molecule has 0 atom stereocenters. The molecule has 0 aliphatic heterocycles. The van der Waals surface area contributed by atoms with Crippen LogP contribution in [-0.4, -0.2) is 44.1 Å². The number of nitrogens with zero attached hydrogens (tertiary/aromatic N) is 1. The Morgan fingerprint density at radius 1 is 1.29 bits per heavy atom. The summed E-state index contributed by atoms with van der Waals surface area (Å²) in [7, 11) is -2.71. The minimum atomic E-state index is -4.82. The molecule has 0 fully saturated rings. The zero-order valence-electron chi connectivity index (χ0n) is 12.4. The van der Waals surface area contributed by atoms with Crippen LogP contribution in [0.25, 0.3) is 0 Å². The van der Waals surface area contributed by atoms with Crippen LogP contribution in [0.2, 0.25) is 0 Å². The molecule has 1 rings (SSSR count). The Labute approximate surface area is 135 Å². The SMILES string of the molecule is COC(=O)/C=C(/Nc1ccc(S(=O)(=O)O)c([N+](=O)[O-])c1)C(=O)OC. The molecule has 1 aromatic carbocycles. The van der Waals surface area contributed by atoms with Gasteiger partial charge in [0.15, 0.2) is 4.90 Å². The maximum absolute atomic E-state index is 11.6. The molecule has 0 amide bonds. The molecule has 1 aromatic rings. The number of hydrogen-bond donors (Lipinski definition) is 2. The lowest BCUT2D eigenvalue weighted by molar-refractivity contribution is -0.387. The third-order valence-electron chi connectivity index (χ3n) is 2.58. The van der Waals surface area contributed by atoms with E-state index in [-0.39, 0.29) is 5.69 Å². The van der Waals surface area contributed by atoms with E-state index in [1.807, 2.05) is 0 Å². The summed E-state index contributed by atoms with van der Waals surface area (Å²) in [6.07, 6.45) is 0.744. The number of carbonyl (C=O) groups excluding carboxylic acids is 2. The molecule has 0 spiro atoms. The first-order valence-corrected chi connectivity index (χ1v) is 7.45. The van der Waals surface area contributed by atoms with Gasteiger partial charge < -0.3 is 14.8 Å². The summed E-state index contributed by atoms with van der Waals surface area (Å²) in [5.41, 5.74) is -1.43. The Morgan fingerprint density at radius 3 is 2.38 bits per heavy atom. The van der Waals surface area contributed by atoms with Crippen molar-refractivity contribution in [2.75, 3.05) is 19.5 Å². The largest absolute Gasteiger partial charge is 0.466 e. The lowest BCUT2D eigenvalue weighted by Gasteiger charge is -2.09. The Hall–Kier alpha value is -2.99. The van der Waals surface area contributed by atoms with E-state index < -0.39 is 43.3 Å². The summed E-state index contributed by atoms with van der Waals surface area (Å²) in [6, 6.07) is 2.57. The van der Waals surface area contributed by atoms with Crippen molar-refractivity contribution in [3.63, 3.8) is 0 Å². The topological polar surface area (TPSA) is 162 Å². The molecule has 24 heavy (non-hydrogen) atoms. The van der Waals surface area contributed by atoms with Gasteiger partial charge in [0.1, 0.15) is 5.70 Å². The zero-order valence-corrected chi connectivity index (χ0v) is 13.2. The third-order valence-corrected chi connectivity index (χ3v) is 3.48. The molecule has 2 N–H and O–H groups in total. The Balaban J connectivity index is 3.34. The lowest BCUT2D eigenvalue weighted by atomic mass is 10.2. The van der Waals surface area contributed by atoms with Crippen LogP contribution in [0.1, 0.15) is 0 Å². The van der Waals surface area contributed by atoms with E-state index in [0.717, 1.165) is 38.5 Å². The maximum atomic E-state index is 11.6. The molecule has 130 valence electrons. The van der Waals surface area contributed by atoms with Crippen molar-refractivity contribution in [3.8, 4) is 0 Å². The van der Waals surface area contributed by atoms with Crippen LogP contribution < -0.4 is 5.32 Å². The van der Waals surface area contributed by atoms with Gasteiger partial charge in [-0.15, -0.1) is 0 Å². The van der Waals surface area contributed by atoms with Crippen LogP contribution in [0.3, 0.4) is 0 Å². The number of carbonyl (C=O) groups is 2. The second-order valence-corrected chi connectivity index (χ2v) is 5.50. The van der Waals surface area contributed by atoms with E-state index in [9.17, 15) is 28.1 Å². The minimum absolute atomic E-state index is 0.102. The van der Waals surface area contributed by atoms with Crippen molar-refractivity contribution in [2.24, 2.45) is 0 Å². The highest BCUT2D eigenvalue weighted by molar-refractivity contribution is 7.86. The van der Waals surface area contributed by atoms with Gasteiger partial charge in [-0.1, -0.05) is 0 Å². The van der Waals surface area contributed by atoms with Gasteiger partial charge in [-0.25, -0.2) is 9.59 Å². The predicted octanol–water partition coefficient (Wildman–Crippen LogP) is 0.483. The van der Waals surface area contributed by atoms with Gasteiger partial charge in [-0.05, 0) is 12.1 Å². The Kier molecular flexibility index (Phi) is 5.97. The quantitative estimate of drug-likeness (QED) is 0.240. The molecule has 11 nitrogen and oxygen atoms in total. The zero-order chi connectivity index (χ0) is 18.5. The highest BCUT2D eigenvalue weighted by Crippen LogP contribution is 2.27. The predicted molar refractivity (Wildman–Crippen MR) is 78.6 cm³/mol. The number of ether oxygens (including phenoxy) is 2. The third kappa shape index (κ3) is 4.76. The van der Waals surface area contributed by atoms with Crippen molar-refractivity contribution < 1.29 is 37.0 Å². The van der Waals surface area contributed by atoms with E-state index >= 15 is 0 Å². The Morgan fingerprint density at radius 2 is 1.92 bits per heavy atom. The van der Waals surface area contributed by atoms with Crippen LogP contribution in [0.4, 0.5) is 11.4 Å². The van der Waals surface area contributed by atoms with E-state index in [4.69, 9.17) is 4.55 Å². The minimum Gasteiger partial charge on any atom is -0.466 e. The highest BCUT2D eigenvalue weighted by atomic mass is 32.2. The molecule has 0 saturated carbocycles. The molecule has 0 aliphatic carbocycles. The van der Waals surface area contributed by atoms with E-state index in [1.54, 1.807) is 0 Å². The number of esters is 2. The van der Waals surface area contributed by atoms with E-state index in [0.29, 0.717) is 0 Å². The summed E-state index contributed by atoms with van der Waals surface area (Å²) >= 11 is 0. The highest BCUT2D eigenvalue weighted by Gasteiger charge is 2.25. The first kappa shape index (κ1) is 19.1. The first-order valence-electron chi connectivity index (χ1n) is 6.01. The normalized spacial score (nSPS) is 11.5. The molecule has 0 radical (unpaired) electrons. The van der Waals surface area contributed by atoms with Crippen LogP contribution in [0.5, 0.6) is 0 Å². The van der Waals surface area contributed by atoms with E-state index in [1.165, 1.54) is 0 Å². The van der Waals surface area contributed by atoms with E-state index in [2.05, 4.69) is 14.8 Å². The molecule has 12 heteroatoms. The lowest BCUT2D eigenvalue weighted by Crippen LogP contribution is -2.15. The smallest absolute Gasteiger partial charge is 0.354 e. The molecule has 0 bridgehead atoms. The number of nitro benzene ring substituents is 1. The van der Waals surface area contributed by atoms with Gasteiger partial charge in [-0.2, -0.15) is 8.42 Å². The molecule has 0 unspecified atom stereocenters. The number of benzene rings is 1. The van der Waals surface area contributed by atoms with Crippen LogP contribution in [-0.2, 0) is 29.2 Å².